The zero-order chi connectivity index (χ0) is 9.68. The average molecular weight is 183 g/mol. The molecule has 3 nitrogen and oxygen atoms in total. The van der Waals surface area contributed by atoms with Crippen LogP contribution in [0.15, 0.2) is 12.2 Å². The van der Waals surface area contributed by atoms with Crippen molar-refractivity contribution in [3.05, 3.63) is 12.2 Å². The number of amides is 1. The largest absolute Gasteiger partial charge is 0.381 e. The minimum absolute atomic E-state index is 0.0492. The first kappa shape index (κ1) is 10.3. The Morgan fingerprint density at radius 1 is 1.69 bits per heavy atom. The highest BCUT2D eigenvalue weighted by Gasteiger charge is 2.20. The molecule has 0 aromatic carbocycles. The first-order valence-electron chi connectivity index (χ1n) is 4.70. The first-order valence-corrected chi connectivity index (χ1v) is 4.70. The van der Waals surface area contributed by atoms with Crippen LogP contribution in [0.1, 0.15) is 19.8 Å². The summed E-state index contributed by atoms with van der Waals surface area (Å²) in [5, 5.41) is 2.83. The molecule has 1 unspecified atom stereocenters. The highest BCUT2D eigenvalue weighted by atomic mass is 16.5. The van der Waals surface area contributed by atoms with Gasteiger partial charge in [0.1, 0.15) is 0 Å². The van der Waals surface area contributed by atoms with Crippen LogP contribution < -0.4 is 5.32 Å². The zero-order valence-electron chi connectivity index (χ0n) is 8.14. The van der Waals surface area contributed by atoms with E-state index < -0.39 is 0 Å². The van der Waals surface area contributed by atoms with E-state index in [0.717, 1.165) is 25.0 Å². The van der Waals surface area contributed by atoms with Crippen molar-refractivity contribution >= 4 is 5.91 Å². The highest BCUT2D eigenvalue weighted by Crippen LogP contribution is 2.13. The molecule has 0 spiro atoms. The molecule has 1 amide bonds. The van der Waals surface area contributed by atoms with Gasteiger partial charge in [-0.2, -0.15) is 0 Å². The maximum atomic E-state index is 11.5. The zero-order valence-corrected chi connectivity index (χ0v) is 8.14. The standard InChI is InChI=1S/C10H17NO2/c1-8(2)6-11-10(12)9-4-3-5-13-7-9/h9H,1,3-7H2,2H3,(H,11,12). The lowest BCUT2D eigenvalue weighted by Gasteiger charge is -2.21. The van der Waals surface area contributed by atoms with E-state index in [9.17, 15) is 4.79 Å². The van der Waals surface area contributed by atoms with E-state index in [2.05, 4.69) is 11.9 Å². The van der Waals surface area contributed by atoms with E-state index in [1.165, 1.54) is 0 Å². The van der Waals surface area contributed by atoms with Crippen molar-refractivity contribution in [1.29, 1.82) is 0 Å². The Kier molecular flexibility index (Phi) is 3.96. The van der Waals surface area contributed by atoms with Gasteiger partial charge < -0.3 is 10.1 Å². The van der Waals surface area contributed by atoms with Gasteiger partial charge in [0.05, 0.1) is 12.5 Å². The predicted molar refractivity (Wildman–Crippen MR) is 51.4 cm³/mol. The smallest absolute Gasteiger partial charge is 0.225 e. The molecule has 1 saturated heterocycles. The number of nitrogens with one attached hydrogen (secondary N) is 1. The van der Waals surface area contributed by atoms with Crippen LogP contribution in [0, 0.1) is 5.92 Å². The summed E-state index contributed by atoms with van der Waals surface area (Å²) >= 11 is 0. The number of hydrogen-bond acceptors (Lipinski definition) is 2. The van der Waals surface area contributed by atoms with Crippen molar-refractivity contribution in [2.24, 2.45) is 5.92 Å². The quantitative estimate of drug-likeness (QED) is 0.665. The number of rotatable bonds is 3. The molecule has 1 aliphatic rings. The van der Waals surface area contributed by atoms with Crippen LogP contribution in [-0.2, 0) is 9.53 Å². The van der Waals surface area contributed by atoms with Crippen LogP contribution in [-0.4, -0.2) is 25.7 Å². The van der Waals surface area contributed by atoms with Gasteiger partial charge in [-0.3, -0.25) is 4.79 Å². The summed E-state index contributed by atoms with van der Waals surface area (Å²) < 4.78 is 5.23. The fraction of sp³-hybridized carbons (Fsp3) is 0.700. The second kappa shape index (κ2) is 5.02. The topological polar surface area (TPSA) is 38.3 Å². The molecule has 0 radical (unpaired) electrons. The molecule has 0 bridgehead atoms. The maximum Gasteiger partial charge on any atom is 0.225 e. The van der Waals surface area contributed by atoms with E-state index in [-0.39, 0.29) is 11.8 Å². The Morgan fingerprint density at radius 3 is 3.00 bits per heavy atom. The van der Waals surface area contributed by atoms with Crippen molar-refractivity contribution in [3.8, 4) is 0 Å². The van der Waals surface area contributed by atoms with Crippen LogP contribution in [0.2, 0.25) is 0 Å². The molecular weight excluding hydrogens is 166 g/mol. The number of carbonyl (C=O) groups excluding carboxylic acids is 1. The highest BCUT2D eigenvalue weighted by molar-refractivity contribution is 5.79. The van der Waals surface area contributed by atoms with E-state index in [1.54, 1.807) is 0 Å². The summed E-state index contributed by atoms with van der Waals surface area (Å²) in [7, 11) is 0. The van der Waals surface area contributed by atoms with Gasteiger partial charge >= 0.3 is 0 Å². The monoisotopic (exact) mass is 183 g/mol. The molecule has 0 aromatic rings. The van der Waals surface area contributed by atoms with Gasteiger partial charge in [-0.05, 0) is 19.8 Å². The number of carbonyl (C=O) groups is 1. The Hall–Kier alpha value is -0.830. The van der Waals surface area contributed by atoms with E-state index in [0.29, 0.717) is 13.2 Å². The van der Waals surface area contributed by atoms with Crippen molar-refractivity contribution < 1.29 is 9.53 Å². The van der Waals surface area contributed by atoms with Gasteiger partial charge in [0.15, 0.2) is 0 Å². The third kappa shape index (κ3) is 3.59. The summed E-state index contributed by atoms with van der Waals surface area (Å²) in [5.74, 6) is 0.149. The summed E-state index contributed by atoms with van der Waals surface area (Å²) in [4.78, 5) is 11.5. The lowest BCUT2D eigenvalue weighted by atomic mass is 10.0. The van der Waals surface area contributed by atoms with Crippen LogP contribution in [0.3, 0.4) is 0 Å². The van der Waals surface area contributed by atoms with Crippen molar-refractivity contribution in [2.75, 3.05) is 19.8 Å². The third-order valence-electron chi connectivity index (χ3n) is 2.10. The lowest BCUT2D eigenvalue weighted by molar-refractivity contribution is -0.128. The Balaban J connectivity index is 2.25. The Bertz CT molecular complexity index is 195. The van der Waals surface area contributed by atoms with Crippen molar-refractivity contribution in [1.82, 2.24) is 5.32 Å². The molecule has 1 fully saturated rings. The first-order chi connectivity index (χ1) is 6.20. The van der Waals surface area contributed by atoms with Crippen molar-refractivity contribution in [3.63, 3.8) is 0 Å². The fourth-order valence-corrected chi connectivity index (χ4v) is 1.33. The van der Waals surface area contributed by atoms with E-state index >= 15 is 0 Å². The van der Waals surface area contributed by atoms with Gasteiger partial charge in [-0.25, -0.2) is 0 Å². The second-order valence-electron chi connectivity index (χ2n) is 3.59. The van der Waals surface area contributed by atoms with Crippen LogP contribution in [0.25, 0.3) is 0 Å². The fourth-order valence-electron chi connectivity index (χ4n) is 1.33. The Labute approximate surface area is 79.2 Å². The molecule has 0 aromatic heterocycles. The molecule has 1 aliphatic heterocycles. The molecule has 74 valence electrons. The van der Waals surface area contributed by atoms with Crippen LogP contribution in [0.5, 0.6) is 0 Å². The van der Waals surface area contributed by atoms with Gasteiger partial charge in [0, 0.05) is 13.2 Å². The summed E-state index contributed by atoms with van der Waals surface area (Å²) in [5.41, 5.74) is 0.977. The summed E-state index contributed by atoms with van der Waals surface area (Å²) in [6, 6.07) is 0. The molecule has 13 heavy (non-hydrogen) atoms. The van der Waals surface area contributed by atoms with E-state index in [4.69, 9.17) is 4.74 Å². The third-order valence-corrected chi connectivity index (χ3v) is 2.10. The minimum Gasteiger partial charge on any atom is -0.381 e. The normalized spacial score (nSPS) is 22.4. The summed E-state index contributed by atoms with van der Waals surface area (Å²) in [6.45, 7) is 7.57. The molecule has 1 rings (SSSR count). The molecule has 1 atom stereocenters. The molecule has 1 heterocycles. The molecule has 3 heteroatoms. The molecule has 1 N–H and O–H groups in total. The number of hydrogen-bond donors (Lipinski definition) is 1. The van der Waals surface area contributed by atoms with E-state index in [1.807, 2.05) is 6.92 Å². The van der Waals surface area contributed by atoms with Gasteiger partial charge in [-0.1, -0.05) is 12.2 Å². The predicted octanol–water partition coefficient (Wildman–Crippen LogP) is 1.11. The maximum absolute atomic E-state index is 11.5. The minimum atomic E-state index is 0.0492. The van der Waals surface area contributed by atoms with Gasteiger partial charge in [0.2, 0.25) is 5.91 Å². The molecule has 0 saturated carbocycles. The molecule has 0 aliphatic carbocycles. The van der Waals surface area contributed by atoms with Crippen molar-refractivity contribution in [2.45, 2.75) is 19.8 Å². The van der Waals surface area contributed by atoms with Crippen LogP contribution >= 0.6 is 0 Å². The van der Waals surface area contributed by atoms with Gasteiger partial charge in [-0.15, -0.1) is 0 Å². The number of ether oxygens (including phenoxy) is 1. The average Bonchev–Trinajstić information content (AvgIpc) is 2.15. The van der Waals surface area contributed by atoms with Gasteiger partial charge in [0.25, 0.3) is 0 Å². The van der Waals surface area contributed by atoms with Crippen LogP contribution in [0.4, 0.5) is 0 Å². The summed E-state index contributed by atoms with van der Waals surface area (Å²) in [6.07, 6.45) is 1.94. The molecular formula is C10H17NO2. The SMILES string of the molecule is C=C(C)CNC(=O)C1CCCOC1. The second-order valence-corrected chi connectivity index (χ2v) is 3.59. The Morgan fingerprint density at radius 2 is 2.46 bits per heavy atom. The lowest BCUT2D eigenvalue weighted by Crippen LogP contribution is -2.36.